The van der Waals surface area contributed by atoms with Crippen molar-refractivity contribution < 1.29 is 4.79 Å². The smallest absolute Gasteiger partial charge is 0.274 e. The van der Waals surface area contributed by atoms with Gasteiger partial charge in [0.15, 0.2) is 6.29 Å². The Labute approximate surface area is 84.8 Å². The van der Waals surface area contributed by atoms with Gasteiger partial charge < -0.3 is 0 Å². The van der Waals surface area contributed by atoms with Gasteiger partial charge in [-0.3, -0.25) is 14.6 Å². The van der Waals surface area contributed by atoms with Crippen LogP contribution in [0.2, 0.25) is 0 Å². The van der Waals surface area contributed by atoms with E-state index < -0.39 is 5.56 Å². The summed E-state index contributed by atoms with van der Waals surface area (Å²) in [5, 5.41) is 6.04. The second-order valence-electron chi connectivity index (χ2n) is 2.87. The summed E-state index contributed by atoms with van der Waals surface area (Å²) in [7, 11) is 0. The molecule has 2 aromatic heterocycles. The third kappa shape index (κ3) is 1.80. The first-order chi connectivity index (χ1) is 7.31. The fourth-order valence-electron chi connectivity index (χ4n) is 1.15. The number of nitrogens with zero attached hydrogens (tertiary/aromatic N) is 2. The van der Waals surface area contributed by atoms with E-state index >= 15 is 0 Å². The van der Waals surface area contributed by atoms with E-state index in [9.17, 15) is 9.59 Å². The van der Waals surface area contributed by atoms with E-state index in [0.29, 0.717) is 17.7 Å². The van der Waals surface area contributed by atoms with Crippen LogP contribution in [0, 0.1) is 0 Å². The molecule has 0 unspecified atom stereocenters. The first kappa shape index (κ1) is 9.26. The summed E-state index contributed by atoms with van der Waals surface area (Å²) in [5.74, 6) is 0. The fraction of sp³-hybridized carbons (Fsp3) is 0. The maximum Gasteiger partial charge on any atom is 0.274 e. The average molecular weight is 201 g/mol. The molecule has 5 heteroatoms. The number of rotatable bonds is 2. The number of aromatic amines is 1. The molecule has 0 spiro atoms. The molecule has 2 rings (SSSR count). The van der Waals surface area contributed by atoms with Crippen molar-refractivity contribution in [2.45, 2.75) is 0 Å². The van der Waals surface area contributed by atoms with Gasteiger partial charge in [-0.25, -0.2) is 5.10 Å². The molecular weight excluding hydrogens is 194 g/mol. The predicted molar refractivity (Wildman–Crippen MR) is 53.5 cm³/mol. The van der Waals surface area contributed by atoms with E-state index in [1.807, 2.05) is 0 Å². The van der Waals surface area contributed by atoms with E-state index in [-0.39, 0.29) is 5.56 Å². The van der Waals surface area contributed by atoms with Crippen LogP contribution < -0.4 is 5.56 Å². The number of aromatic nitrogens is 3. The van der Waals surface area contributed by atoms with Gasteiger partial charge in [0.2, 0.25) is 0 Å². The van der Waals surface area contributed by atoms with Crippen molar-refractivity contribution in [1.29, 1.82) is 0 Å². The Bertz CT molecular complexity index is 534. The Kier molecular flexibility index (Phi) is 2.37. The molecule has 0 atom stereocenters. The number of aldehydes is 1. The summed E-state index contributed by atoms with van der Waals surface area (Å²) in [6.07, 6.45) is 2.11. The Balaban J connectivity index is 2.56. The predicted octanol–water partition coefficient (Wildman–Crippen LogP) is 0.644. The van der Waals surface area contributed by atoms with Gasteiger partial charge in [-0.2, -0.15) is 5.10 Å². The average Bonchev–Trinajstić information content (AvgIpc) is 2.31. The van der Waals surface area contributed by atoms with Gasteiger partial charge in [0, 0.05) is 6.20 Å². The lowest BCUT2D eigenvalue weighted by Gasteiger charge is -1.98. The highest BCUT2D eigenvalue weighted by Gasteiger charge is 2.04. The maximum atomic E-state index is 11.1. The zero-order valence-electron chi connectivity index (χ0n) is 7.68. The molecule has 0 aromatic carbocycles. The van der Waals surface area contributed by atoms with E-state index in [4.69, 9.17) is 0 Å². The number of hydrogen-bond acceptors (Lipinski definition) is 4. The number of carbonyl (C=O) groups excluding carboxylic acids is 1. The van der Waals surface area contributed by atoms with E-state index in [1.54, 1.807) is 24.4 Å². The van der Waals surface area contributed by atoms with Crippen molar-refractivity contribution in [1.82, 2.24) is 15.2 Å². The van der Waals surface area contributed by atoms with Crippen molar-refractivity contribution >= 4 is 6.29 Å². The number of hydrogen-bond donors (Lipinski definition) is 1. The number of nitrogens with one attached hydrogen (secondary N) is 1. The monoisotopic (exact) mass is 201 g/mol. The second kappa shape index (κ2) is 3.83. The lowest BCUT2D eigenvalue weighted by molar-refractivity contribution is 0.112. The van der Waals surface area contributed by atoms with E-state index in [0.717, 1.165) is 0 Å². The summed E-state index contributed by atoms with van der Waals surface area (Å²) < 4.78 is 0. The molecule has 5 nitrogen and oxygen atoms in total. The van der Waals surface area contributed by atoms with Crippen LogP contribution in [0.15, 0.2) is 35.3 Å². The zero-order chi connectivity index (χ0) is 10.7. The van der Waals surface area contributed by atoms with Crippen LogP contribution in [0.5, 0.6) is 0 Å². The van der Waals surface area contributed by atoms with Gasteiger partial charge >= 0.3 is 0 Å². The third-order valence-corrected chi connectivity index (χ3v) is 1.89. The standard InChI is InChI=1S/C10H7N3O2/c14-6-7-5-9(12-13-10(7)15)8-3-1-2-4-11-8/h1-6H,(H,13,15). The molecule has 1 N–H and O–H groups in total. The van der Waals surface area contributed by atoms with Crippen LogP contribution in [0.1, 0.15) is 10.4 Å². The van der Waals surface area contributed by atoms with Gasteiger partial charge in [0.05, 0.1) is 11.3 Å². The lowest BCUT2D eigenvalue weighted by Crippen LogP contribution is -2.13. The molecular formula is C10H7N3O2. The van der Waals surface area contributed by atoms with Crippen molar-refractivity contribution in [2.75, 3.05) is 0 Å². The van der Waals surface area contributed by atoms with Gasteiger partial charge in [-0.15, -0.1) is 0 Å². The van der Waals surface area contributed by atoms with Crippen molar-refractivity contribution in [3.8, 4) is 11.4 Å². The van der Waals surface area contributed by atoms with Crippen LogP contribution >= 0.6 is 0 Å². The molecule has 0 saturated carbocycles. The Morgan fingerprint density at radius 1 is 1.27 bits per heavy atom. The molecule has 2 aromatic rings. The molecule has 0 aliphatic carbocycles. The molecule has 74 valence electrons. The molecule has 0 bridgehead atoms. The summed E-state index contributed by atoms with van der Waals surface area (Å²) in [5.41, 5.74) is 0.629. The summed E-state index contributed by atoms with van der Waals surface area (Å²) in [6.45, 7) is 0. The molecule has 0 saturated heterocycles. The number of carbonyl (C=O) groups is 1. The highest BCUT2D eigenvalue weighted by atomic mass is 16.1. The van der Waals surface area contributed by atoms with Crippen LogP contribution in [-0.4, -0.2) is 21.5 Å². The van der Waals surface area contributed by atoms with Gasteiger partial charge in [0.25, 0.3) is 5.56 Å². The van der Waals surface area contributed by atoms with Gasteiger partial charge in [0.1, 0.15) is 5.69 Å². The molecule has 15 heavy (non-hydrogen) atoms. The van der Waals surface area contributed by atoms with Crippen LogP contribution in [0.3, 0.4) is 0 Å². The second-order valence-corrected chi connectivity index (χ2v) is 2.87. The molecule has 0 amide bonds. The quantitative estimate of drug-likeness (QED) is 0.723. The number of H-pyrrole nitrogens is 1. The minimum Gasteiger partial charge on any atom is -0.298 e. The van der Waals surface area contributed by atoms with Crippen molar-refractivity contribution in [2.24, 2.45) is 0 Å². The highest BCUT2D eigenvalue weighted by molar-refractivity contribution is 5.76. The van der Waals surface area contributed by atoms with Crippen molar-refractivity contribution in [3.63, 3.8) is 0 Å². The van der Waals surface area contributed by atoms with Crippen molar-refractivity contribution in [3.05, 3.63) is 46.4 Å². The fourth-order valence-corrected chi connectivity index (χ4v) is 1.15. The van der Waals surface area contributed by atoms with Crippen LogP contribution in [0.25, 0.3) is 11.4 Å². The molecule has 0 aliphatic rings. The maximum absolute atomic E-state index is 11.1. The Morgan fingerprint density at radius 2 is 2.13 bits per heavy atom. The summed E-state index contributed by atoms with van der Waals surface area (Å²) in [4.78, 5) is 25.7. The summed E-state index contributed by atoms with van der Waals surface area (Å²) >= 11 is 0. The van der Waals surface area contributed by atoms with E-state index in [1.165, 1.54) is 6.07 Å². The van der Waals surface area contributed by atoms with Gasteiger partial charge in [-0.1, -0.05) is 6.07 Å². The van der Waals surface area contributed by atoms with Gasteiger partial charge in [-0.05, 0) is 18.2 Å². The van der Waals surface area contributed by atoms with E-state index in [2.05, 4.69) is 15.2 Å². The van der Waals surface area contributed by atoms with Crippen LogP contribution in [-0.2, 0) is 0 Å². The molecule has 2 heterocycles. The third-order valence-electron chi connectivity index (χ3n) is 1.89. The van der Waals surface area contributed by atoms with Crippen LogP contribution in [0.4, 0.5) is 0 Å². The molecule has 0 aliphatic heterocycles. The molecule has 0 radical (unpaired) electrons. The molecule has 0 fully saturated rings. The lowest BCUT2D eigenvalue weighted by atomic mass is 10.2. The minimum atomic E-state index is -0.496. The highest BCUT2D eigenvalue weighted by Crippen LogP contribution is 2.10. The minimum absolute atomic E-state index is 0.0469. The summed E-state index contributed by atoms with van der Waals surface area (Å²) in [6, 6.07) is 6.73. The normalized spacial score (nSPS) is 9.87. The first-order valence-corrected chi connectivity index (χ1v) is 4.27. The topological polar surface area (TPSA) is 75.7 Å². The zero-order valence-corrected chi connectivity index (χ0v) is 7.68. The Morgan fingerprint density at radius 3 is 2.80 bits per heavy atom. The first-order valence-electron chi connectivity index (χ1n) is 4.27. The largest absolute Gasteiger partial charge is 0.298 e. The number of pyridine rings is 1. The Hall–Kier alpha value is -2.30. The SMILES string of the molecule is O=Cc1cc(-c2ccccn2)n[nH]c1=O.